The predicted octanol–water partition coefficient (Wildman–Crippen LogP) is 2.98. The van der Waals surface area contributed by atoms with E-state index in [1.165, 1.54) is 13.2 Å². The standard InChI is InChI=1S/C17H22ClNO5/c1-9(2)8-24-15-13(18)6-10(7-14(15)23-3)16(20)19-12-4-11(5-12)17(21)22/h6-7,9,11-12H,4-5,8H2,1-3H3,(H,19,20)(H,21,22). The molecule has 132 valence electrons. The number of nitrogens with one attached hydrogen (secondary N) is 1. The van der Waals surface area contributed by atoms with Crippen molar-refractivity contribution < 1.29 is 24.2 Å². The molecule has 2 rings (SSSR count). The van der Waals surface area contributed by atoms with Crippen LogP contribution < -0.4 is 14.8 Å². The van der Waals surface area contributed by atoms with E-state index in [1.807, 2.05) is 13.8 Å². The molecule has 0 saturated heterocycles. The summed E-state index contributed by atoms with van der Waals surface area (Å²) in [5, 5.41) is 12.0. The van der Waals surface area contributed by atoms with E-state index in [9.17, 15) is 9.59 Å². The minimum absolute atomic E-state index is 0.125. The number of rotatable bonds is 7. The van der Waals surface area contributed by atoms with Gasteiger partial charge in [0.05, 0.1) is 24.7 Å². The molecule has 1 aliphatic carbocycles. The lowest BCUT2D eigenvalue weighted by atomic mass is 9.80. The summed E-state index contributed by atoms with van der Waals surface area (Å²) in [5.41, 5.74) is 0.354. The summed E-state index contributed by atoms with van der Waals surface area (Å²) in [6.45, 7) is 4.52. The second-order valence-electron chi connectivity index (χ2n) is 6.37. The fourth-order valence-corrected chi connectivity index (χ4v) is 2.71. The molecule has 0 spiro atoms. The molecule has 1 aromatic carbocycles. The fraction of sp³-hybridized carbons (Fsp3) is 0.529. The number of hydrogen-bond acceptors (Lipinski definition) is 4. The molecule has 0 heterocycles. The van der Waals surface area contributed by atoms with E-state index in [1.54, 1.807) is 6.07 Å². The summed E-state index contributed by atoms with van der Waals surface area (Å²) in [6.07, 6.45) is 0.892. The van der Waals surface area contributed by atoms with Gasteiger partial charge in [-0.1, -0.05) is 25.4 Å². The Morgan fingerprint density at radius 1 is 1.38 bits per heavy atom. The maximum Gasteiger partial charge on any atom is 0.306 e. The van der Waals surface area contributed by atoms with Crippen molar-refractivity contribution in [3.8, 4) is 11.5 Å². The van der Waals surface area contributed by atoms with Crippen LogP contribution in [-0.2, 0) is 4.79 Å². The van der Waals surface area contributed by atoms with Crippen molar-refractivity contribution >= 4 is 23.5 Å². The third-order valence-electron chi connectivity index (χ3n) is 3.88. The van der Waals surface area contributed by atoms with Crippen molar-refractivity contribution in [1.29, 1.82) is 0 Å². The summed E-state index contributed by atoms with van der Waals surface area (Å²) in [4.78, 5) is 23.1. The van der Waals surface area contributed by atoms with Gasteiger partial charge in [-0.25, -0.2) is 0 Å². The number of halogens is 1. The molecule has 0 unspecified atom stereocenters. The molecule has 1 amide bonds. The van der Waals surface area contributed by atoms with Crippen molar-refractivity contribution in [2.45, 2.75) is 32.7 Å². The first-order chi connectivity index (χ1) is 11.3. The molecule has 1 saturated carbocycles. The van der Waals surface area contributed by atoms with Crippen LogP contribution in [0.3, 0.4) is 0 Å². The largest absolute Gasteiger partial charge is 0.493 e. The van der Waals surface area contributed by atoms with Gasteiger partial charge >= 0.3 is 5.97 Å². The second kappa shape index (κ2) is 7.75. The van der Waals surface area contributed by atoms with Crippen molar-refractivity contribution in [3.63, 3.8) is 0 Å². The highest BCUT2D eigenvalue weighted by Crippen LogP contribution is 2.37. The normalized spacial score (nSPS) is 19.5. The fourth-order valence-electron chi connectivity index (χ4n) is 2.45. The third kappa shape index (κ3) is 4.32. The summed E-state index contributed by atoms with van der Waals surface area (Å²) in [7, 11) is 1.49. The van der Waals surface area contributed by atoms with E-state index >= 15 is 0 Å². The van der Waals surface area contributed by atoms with Crippen molar-refractivity contribution in [2.24, 2.45) is 11.8 Å². The zero-order valence-electron chi connectivity index (χ0n) is 14.0. The smallest absolute Gasteiger partial charge is 0.306 e. The van der Waals surface area contributed by atoms with Crippen molar-refractivity contribution in [2.75, 3.05) is 13.7 Å². The summed E-state index contributed by atoms with van der Waals surface area (Å²) in [5.74, 6) is -0.365. The van der Waals surface area contributed by atoms with Gasteiger partial charge in [-0.05, 0) is 30.9 Å². The zero-order valence-corrected chi connectivity index (χ0v) is 14.7. The van der Waals surface area contributed by atoms with Crippen LogP contribution >= 0.6 is 11.6 Å². The number of benzene rings is 1. The number of amides is 1. The molecule has 24 heavy (non-hydrogen) atoms. The summed E-state index contributed by atoms with van der Waals surface area (Å²) >= 11 is 6.23. The predicted molar refractivity (Wildman–Crippen MR) is 90.0 cm³/mol. The highest BCUT2D eigenvalue weighted by atomic mass is 35.5. The highest BCUT2D eigenvalue weighted by Gasteiger charge is 2.35. The molecule has 0 atom stereocenters. The molecule has 0 bridgehead atoms. The van der Waals surface area contributed by atoms with E-state index < -0.39 is 5.97 Å². The van der Waals surface area contributed by atoms with Crippen LogP contribution in [0.5, 0.6) is 11.5 Å². The minimum atomic E-state index is -0.822. The Hall–Kier alpha value is -1.95. The Morgan fingerprint density at radius 3 is 2.58 bits per heavy atom. The first-order valence-electron chi connectivity index (χ1n) is 7.85. The Balaban J connectivity index is 2.06. The van der Waals surface area contributed by atoms with E-state index in [0.29, 0.717) is 47.5 Å². The molecule has 2 N–H and O–H groups in total. The summed E-state index contributed by atoms with van der Waals surface area (Å²) < 4.78 is 10.9. The Bertz CT molecular complexity index is 626. The van der Waals surface area contributed by atoms with Crippen LogP contribution in [-0.4, -0.2) is 36.7 Å². The van der Waals surface area contributed by atoms with Gasteiger partial charge in [0.1, 0.15) is 0 Å². The van der Waals surface area contributed by atoms with E-state index in [2.05, 4.69) is 5.32 Å². The molecule has 0 aliphatic heterocycles. The molecule has 1 aromatic rings. The van der Waals surface area contributed by atoms with Crippen LogP contribution in [0.2, 0.25) is 5.02 Å². The lowest BCUT2D eigenvalue weighted by Crippen LogP contribution is -2.46. The number of aliphatic carboxylic acids is 1. The summed E-state index contributed by atoms with van der Waals surface area (Å²) in [6, 6.07) is 2.98. The Labute approximate surface area is 146 Å². The number of carbonyl (C=O) groups is 2. The van der Waals surface area contributed by atoms with Gasteiger partial charge < -0.3 is 19.9 Å². The minimum Gasteiger partial charge on any atom is -0.493 e. The Morgan fingerprint density at radius 2 is 2.04 bits per heavy atom. The maximum atomic E-state index is 12.3. The van der Waals surface area contributed by atoms with Crippen LogP contribution in [0, 0.1) is 11.8 Å². The number of methoxy groups -OCH3 is 1. The number of carboxylic acids is 1. The van der Waals surface area contributed by atoms with Gasteiger partial charge in [0.15, 0.2) is 11.5 Å². The topological polar surface area (TPSA) is 84.9 Å². The number of hydrogen-bond donors (Lipinski definition) is 2. The molecule has 0 aromatic heterocycles. The maximum absolute atomic E-state index is 12.3. The number of carbonyl (C=O) groups excluding carboxylic acids is 1. The molecule has 7 heteroatoms. The van der Waals surface area contributed by atoms with Crippen LogP contribution in [0.15, 0.2) is 12.1 Å². The molecule has 0 radical (unpaired) electrons. The average Bonchev–Trinajstić information content (AvgIpc) is 2.47. The Kier molecular flexibility index (Phi) is 5.94. The van der Waals surface area contributed by atoms with Crippen molar-refractivity contribution in [3.05, 3.63) is 22.7 Å². The third-order valence-corrected chi connectivity index (χ3v) is 4.16. The van der Waals surface area contributed by atoms with E-state index in [0.717, 1.165) is 0 Å². The highest BCUT2D eigenvalue weighted by molar-refractivity contribution is 6.32. The number of ether oxygens (including phenoxy) is 2. The first kappa shape index (κ1) is 18.4. The molecule has 1 fully saturated rings. The molecular weight excluding hydrogens is 334 g/mol. The lowest BCUT2D eigenvalue weighted by Gasteiger charge is -2.32. The van der Waals surface area contributed by atoms with E-state index in [-0.39, 0.29) is 17.9 Å². The first-order valence-corrected chi connectivity index (χ1v) is 8.23. The van der Waals surface area contributed by atoms with E-state index in [4.69, 9.17) is 26.2 Å². The quantitative estimate of drug-likeness (QED) is 0.785. The van der Waals surface area contributed by atoms with Crippen LogP contribution in [0.4, 0.5) is 0 Å². The molecular formula is C17H22ClNO5. The molecule has 6 nitrogen and oxygen atoms in total. The lowest BCUT2D eigenvalue weighted by molar-refractivity contribution is -0.145. The monoisotopic (exact) mass is 355 g/mol. The van der Waals surface area contributed by atoms with Gasteiger partial charge in [-0.15, -0.1) is 0 Å². The molecule has 1 aliphatic rings. The van der Waals surface area contributed by atoms with Crippen LogP contribution in [0.1, 0.15) is 37.0 Å². The van der Waals surface area contributed by atoms with Gasteiger partial charge in [0, 0.05) is 11.6 Å². The van der Waals surface area contributed by atoms with Gasteiger partial charge in [-0.3, -0.25) is 9.59 Å². The van der Waals surface area contributed by atoms with Gasteiger partial charge in [0.2, 0.25) is 0 Å². The average molecular weight is 356 g/mol. The zero-order chi connectivity index (χ0) is 17.9. The van der Waals surface area contributed by atoms with Gasteiger partial charge in [0.25, 0.3) is 5.91 Å². The second-order valence-corrected chi connectivity index (χ2v) is 6.78. The SMILES string of the molecule is COc1cc(C(=O)NC2CC(C(=O)O)C2)cc(Cl)c1OCC(C)C. The van der Waals surface area contributed by atoms with Crippen LogP contribution in [0.25, 0.3) is 0 Å². The number of carboxylic acid groups (broad SMARTS) is 1. The van der Waals surface area contributed by atoms with Gasteiger partial charge in [-0.2, -0.15) is 0 Å². The van der Waals surface area contributed by atoms with Crippen molar-refractivity contribution in [1.82, 2.24) is 5.32 Å².